The molecule has 0 atom stereocenters. The Kier molecular flexibility index (Phi) is 7.98. The van der Waals surface area contributed by atoms with Gasteiger partial charge >= 0.3 is 6.03 Å². The largest absolute Gasteiger partial charge is 0.508 e. The van der Waals surface area contributed by atoms with Crippen molar-refractivity contribution in [3.63, 3.8) is 0 Å². The van der Waals surface area contributed by atoms with Crippen molar-refractivity contribution in [3.05, 3.63) is 85.8 Å². The molecule has 4 rings (SSSR count). The van der Waals surface area contributed by atoms with Crippen molar-refractivity contribution in [2.75, 3.05) is 16.8 Å². The summed E-state index contributed by atoms with van der Waals surface area (Å²) in [6.07, 6.45) is 1.28. The number of phenolic OH excluding ortho intramolecular Hbond substituents is 1. The molecule has 5 amide bonds. The van der Waals surface area contributed by atoms with Crippen LogP contribution >= 0.6 is 31.9 Å². The Morgan fingerprint density at radius 1 is 1.05 bits per heavy atom. The van der Waals surface area contributed by atoms with Crippen LogP contribution in [0.3, 0.4) is 0 Å². The van der Waals surface area contributed by atoms with Crippen LogP contribution in [-0.4, -0.2) is 35.5 Å². The zero-order valence-electron chi connectivity index (χ0n) is 20.2. The van der Waals surface area contributed by atoms with Crippen LogP contribution < -0.4 is 20.3 Å². The molecule has 0 saturated carbocycles. The maximum Gasteiger partial charge on any atom is 0.335 e. The number of halogens is 2. The van der Waals surface area contributed by atoms with Crippen LogP contribution in [0.4, 0.5) is 16.2 Å². The van der Waals surface area contributed by atoms with Crippen LogP contribution in [0.15, 0.2) is 69.1 Å². The maximum absolute atomic E-state index is 13.2. The van der Waals surface area contributed by atoms with Gasteiger partial charge in [0.25, 0.3) is 17.7 Å². The lowest BCUT2D eigenvalue weighted by atomic mass is 10.1. The molecular weight excluding hydrogens is 622 g/mol. The second kappa shape index (κ2) is 11.2. The number of phenols is 1. The fourth-order valence-corrected chi connectivity index (χ4v) is 5.14. The molecule has 1 aliphatic rings. The molecule has 0 aliphatic carbocycles. The lowest BCUT2D eigenvalue weighted by Crippen LogP contribution is -2.54. The van der Waals surface area contributed by atoms with E-state index in [0.717, 1.165) is 16.0 Å². The smallest absolute Gasteiger partial charge is 0.335 e. The number of benzene rings is 3. The van der Waals surface area contributed by atoms with Gasteiger partial charge in [-0.15, -0.1) is 0 Å². The molecule has 0 aromatic heterocycles. The molecule has 1 heterocycles. The first-order chi connectivity index (χ1) is 18.0. The highest BCUT2D eigenvalue weighted by atomic mass is 79.9. The number of carbonyl (C=O) groups is 4. The number of barbiturate groups is 1. The number of ether oxygens (including phenoxy) is 1. The van der Waals surface area contributed by atoms with E-state index >= 15 is 0 Å². The average molecular weight is 643 g/mol. The highest BCUT2D eigenvalue weighted by Gasteiger charge is 2.37. The van der Waals surface area contributed by atoms with Crippen molar-refractivity contribution in [3.8, 4) is 11.5 Å². The highest BCUT2D eigenvalue weighted by Crippen LogP contribution is 2.35. The topological polar surface area (TPSA) is 125 Å². The van der Waals surface area contributed by atoms with Gasteiger partial charge in [-0.1, -0.05) is 33.6 Å². The van der Waals surface area contributed by atoms with Gasteiger partial charge in [0.15, 0.2) is 6.61 Å². The second-order valence-corrected chi connectivity index (χ2v) is 10.2. The average Bonchev–Trinajstić information content (AvgIpc) is 2.84. The van der Waals surface area contributed by atoms with Gasteiger partial charge < -0.3 is 15.2 Å². The standard InChI is InChI=1S/C27H21Br2N3O6/c1-14-3-8-22(15(2)9-14)30-23(34)13-38-24-16(10-17(28)12-21(24)29)11-20-25(35)31-27(37)32(26(20)36)18-4-6-19(33)7-5-18/h3-12,33H,13H2,1-2H3,(H,30,34)(H,31,35,37)/b20-11-. The SMILES string of the molecule is Cc1ccc(NC(=O)COc2c(Br)cc(Br)cc2/C=C2/C(=O)NC(=O)N(c3ccc(O)cc3)C2=O)c(C)c1. The molecular formula is C27H21Br2N3O6. The number of carbonyl (C=O) groups excluding carboxylic acids is 4. The van der Waals surface area contributed by atoms with E-state index in [-0.39, 0.29) is 29.4 Å². The van der Waals surface area contributed by atoms with Crippen LogP contribution in [0.2, 0.25) is 0 Å². The van der Waals surface area contributed by atoms with Crippen LogP contribution in [0.5, 0.6) is 11.5 Å². The second-order valence-electron chi connectivity index (χ2n) is 8.44. The summed E-state index contributed by atoms with van der Waals surface area (Å²) in [4.78, 5) is 51.7. The number of aromatic hydroxyl groups is 1. The molecule has 11 heteroatoms. The summed E-state index contributed by atoms with van der Waals surface area (Å²) in [5.41, 5.74) is 2.78. The maximum atomic E-state index is 13.2. The Morgan fingerprint density at radius 3 is 2.45 bits per heavy atom. The molecule has 3 N–H and O–H groups in total. The van der Waals surface area contributed by atoms with E-state index in [1.807, 2.05) is 32.0 Å². The van der Waals surface area contributed by atoms with Crippen LogP contribution in [0.25, 0.3) is 6.08 Å². The van der Waals surface area contributed by atoms with Gasteiger partial charge in [0.1, 0.15) is 17.1 Å². The monoisotopic (exact) mass is 641 g/mol. The molecule has 0 unspecified atom stereocenters. The van der Waals surface area contributed by atoms with Gasteiger partial charge in [0.2, 0.25) is 0 Å². The number of anilines is 2. The third-order valence-corrected chi connectivity index (χ3v) is 6.60. The van der Waals surface area contributed by atoms with Gasteiger partial charge in [0, 0.05) is 15.7 Å². The Bertz CT molecular complexity index is 1500. The normalized spacial score (nSPS) is 14.5. The number of hydrogen-bond acceptors (Lipinski definition) is 6. The first-order valence-corrected chi connectivity index (χ1v) is 12.8. The Morgan fingerprint density at radius 2 is 1.76 bits per heavy atom. The number of nitrogens with one attached hydrogen (secondary N) is 2. The summed E-state index contributed by atoms with van der Waals surface area (Å²) < 4.78 is 6.88. The summed E-state index contributed by atoms with van der Waals surface area (Å²) in [7, 11) is 0. The molecule has 0 radical (unpaired) electrons. The van der Waals surface area contributed by atoms with E-state index in [1.54, 1.807) is 12.1 Å². The van der Waals surface area contributed by atoms with Crippen molar-refractivity contribution < 1.29 is 29.0 Å². The number of rotatable bonds is 6. The predicted molar refractivity (Wildman–Crippen MR) is 149 cm³/mol. The molecule has 38 heavy (non-hydrogen) atoms. The Hall–Kier alpha value is -3.96. The number of aryl methyl sites for hydroxylation is 2. The van der Waals surface area contributed by atoms with Crippen molar-refractivity contribution in [1.29, 1.82) is 0 Å². The van der Waals surface area contributed by atoms with Gasteiger partial charge in [0.05, 0.1) is 10.2 Å². The van der Waals surface area contributed by atoms with Gasteiger partial charge in [-0.05, 0) is 83.9 Å². The fourth-order valence-electron chi connectivity index (χ4n) is 3.77. The van der Waals surface area contributed by atoms with Crippen LogP contribution in [0, 0.1) is 13.8 Å². The van der Waals surface area contributed by atoms with E-state index in [2.05, 4.69) is 42.5 Å². The molecule has 1 aliphatic heterocycles. The van der Waals surface area contributed by atoms with E-state index < -0.39 is 23.8 Å². The van der Waals surface area contributed by atoms with E-state index in [1.165, 1.54) is 30.3 Å². The van der Waals surface area contributed by atoms with Crippen molar-refractivity contribution >= 4 is 73.1 Å². The lowest BCUT2D eigenvalue weighted by Gasteiger charge is -2.26. The third kappa shape index (κ3) is 5.95. The molecule has 1 saturated heterocycles. The first-order valence-electron chi connectivity index (χ1n) is 11.2. The highest BCUT2D eigenvalue weighted by molar-refractivity contribution is 9.11. The molecule has 0 bridgehead atoms. The third-order valence-electron chi connectivity index (χ3n) is 5.55. The Balaban J connectivity index is 1.62. The van der Waals surface area contributed by atoms with Crippen molar-refractivity contribution in [2.45, 2.75) is 13.8 Å². The number of imide groups is 2. The summed E-state index contributed by atoms with van der Waals surface area (Å²) in [5, 5.41) is 14.5. The molecule has 0 spiro atoms. The number of amides is 5. The van der Waals surface area contributed by atoms with Crippen LogP contribution in [-0.2, 0) is 14.4 Å². The molecule has 3 aromatic rings. The van der Waals surface area contributed by atoms with Gasteiger partial charge in [-0.3, -0.25) is 19.7 Å². The summed E-state index contributed by atoms with van der Waals surface area (Å²) in [6.45, 7) is 3.50. The quantitative estimate of drug-likeness (QED) is 0.250. The minimum Gasteiger partial charge on any atom is -0.508 e. The van der Waals surface area contributed by atoms with E-state index in [0.29, 0.717) is 20.2 Å². The molecule has 9 nitrogen and oxygen atoms in total. The Labute approximate surface area is 234 Å². The first kappa shape index (κ1) is 27.1. The number of urea groups is 1. The predicted octanol–water partition coefficient (Wildman–Crippen LogP) is 5.22. The van der Waals surface area contributed by atoms with Gasteiger partial charge in [-0.2, -0.15) is 0 Å². The fraction of sp³-hybridized carbons (Fsp3) is 0.111. The zero-order chi connectivity index (χ0) is 27.6. The lowest BCUT2D eigenvalue weighted by molar-refractivity contribution is -0.122. The van der Waals surface area contributed by atoms with E-state index in [4.69, 9.17) is 4.74 Å². The zero-order valence-corrected chi connectivity index (χ0v) is 23.3. The summed E-state index contributed by atoms with van der Waals surface area (Å²) >= 11 is 6.78. The van der Waals surface area contributed by atoms with Crippen molar-refractivity contribution in [2.24, 2.45) is 0 Å². The summed E-state index contributed by atoms with van der Waals surface area (Å²) in [6, 6.07) is 13.4. The van der Waals surface area contributed by atoms with Gasteiger partial charge in [-0.25, -0.2) is 9.69 Å². The number of nitrogens with zero attached hydrogens (tertiary/aromatic N) is 1. The summed E-state index contributed by atoms with van der Waals surface area (Å²) in [5.74, 6) is -1.98. The minimum absolute atomic E-state index is 0.0483. The number of hydrogen-bond donors (Lipinski definition) is 3. The molecule has 3 aromatic carbocycles. The molecule has 194 valence electrons. The van der Waals surface area contributed by atoms with E-state index in [9.17, 15) is 24.3 Å². The van der Waals surface area contributed by atoms with Crippen molar-refractivity contribution in [1.82, 2.24) is 5.32 Å². The van der Waals surface area contributed by atoms with Crippen LogP contribution in [0.1, 0.15) is 16.7 Å². The molecule has 1 fully saturated rings. The minimum atomic E-state index is -0.919.